The molecule has 0 saturated carbocycles. The first-order valence-corrected chi connectivity index (χ1v) is 13.1. The molecule has 35 heavy (non-hydrogen) atoms. The van der Waals surface area contributed by atoms with Gasteiger partial charge in [-0.05, 0) is 37.7 Å². The minimum Gasteiger partial charge on any atom is -0.491 e. The molecule has 0 bridgehead atoms. The van der Waals surface area contributed by atoms with E-state index in [2.05, 4.69) is 33.7 Å². The van der Waals surface area contributed by atoms with Crippen molar-refractivity contribution in [1.82, 2.24) is 24.7 Å². The first-order chi connectivity index (χ1) is 16.9. The number of aromatic amines is 1. The zero-order chi connectivity index (χ0) is 24.7. The normalized spacial score (nSPS) is 21.9. The number of morpholine rings is 1. The summed E-state index contributed by atoms with van der Waals surface area (Å²) < 4.78 is 12.5. The summed E-state index contributed by atoms with van der Waals surface area (Å²) in [4.78, 5) is 27.9. The van der Waals surface area contributed by atoms with E-state index in [-0.39, 0.29) is 5.91 Å². The summed E-state index contributed by atoms with van der Waals surface area (Å²) in [7, 11) is 2.09. The van der Waals surface area contributed by atoms with E-state index >= 15 is 0 Å². The molecule has 2 aliphatic rings. The molecule has 1 atom stereocenters. The Balaban J connectivity index is 1.44. The lowest BCUT2D eigenvalue weighted by atomic mass is 9.96. The summed E-state index contributed by atoms with van der Waals surface area (Å²) in [6, 6.07) is 7.31. The van der Waals surface area contributed by atoms with Gasteiger partial charge in [0, 0.05) is 69.1 Å². The maximum absolute atomic E-state index is 13.3. The molecule has 4 rings (SSSR count). The lowest BCUT2D eigenvalue weighted by Gasteiger charge is -2.43. The highest BCUT2D eigenvalue weighted by Crippen LogP contribution is 2.27. The van der Waals surface area contributed by atoms with Gasteiger partial charge in [0.15, 0.2) is 0 Å². The van der Waals surface area contributed by atoms with Gasteiger partial charge < -0.3 is 24.3 Å². The molecular formula is C26H38ClN5O3. The lowest BCUT2D eigenvalue weighted by Crippen LogP contribution is -2.58. The van der Waals surface area contributed by atoms with Crippen LogP contribution in [0.2, 0.25) is 5.02 Å². The number of H-pyrrole nitrogens is 1. The van der Waals surface area contributed by atoms with Gasteiger partial charge in [0.25, 0.3) is 0 Å². The van der Waals surface area contributed by atoms with E-state index < -0.39 is 5.60 Å². The number of aryl methyl sites for hydroxylation is 1. The fourth-order valence-corrected chi connectivity index (χ4v) is 4.82. The van der Waals surface area contributed by atoms with Crippen LogP contribution in [0.25, 0.3) is 0 Å². The number of unbranched alkanes of at least 4 members (excludes halogenated alkanes) is 1. The molecule has 1 aromatic heterocycles. The molecule has 192 valence electrons. The van der Waals surface area contributed by atoms with Crippen molar-refractivity contribution in [2.45, 2.75) is 44.8 Å². The van der Waals surface area contributed by atoms with Gasteiger partial charge in [-0.1, -0.05) is 24.9 Å². The first kappa shape index (κ1) is 25.9. The van der Waals surface area contributed by atoms with Crippen LogP contribution >= 0.6 is 11.6 Å². The number of nitrogens with zero attached hydrogens (tertiary/aromatic N) is 4. The predicted octanol–water partition coefficient (Wildman–Crippen LogP) is 3.22. The van der Waals surface area contributed by atoms with Crippen molar-refractivity contribution in [3.05, 3.63) is 47.0 Å². The van der Waals surface area contributed by atoms with Gasteiger partial charge in [0.1, 0.15) is 23.8 Å². The van der Waals surface area contributed by atoms with Crippen LogP contribution in [0.4, 0.5) is 0 Å². The predicted molar refractivity (Wildman–Crippen MR) is 137 cm³/mol. The highest BCUT2D eigenvalue weighted by Gasteiger charge is 2.41. The number of rotatable bonds is 10. The monoisotopic (exact) mass is 503 g/mol. The van der Waals surface area contributed by atoms with Crippen LogP contribution in [0.15, 0.2) is 30.5 Å². The molecule has 0 spiro atoms. The van der Waals surface area contributed by atoms with Crippen molar-refractivity contribution in [2.75, 3.05) is 59.5 Å². The van der Waals surface area contributed by atoms with Gasteiger partial charge in [0.05, 0.1) is 13.0 Å². The number of hydrogen-bond donors (Lipinski definition) is 1. The Bertz CT molecular complexity index is 945. The van der Waals surface area contributed by atoms with Crippen molar-refractivity contribution in [2.24, 2.45) is 0 Å². The number of hydrogen-bond acceptors (Lipinski definition) is 6. The SMILES string of the molecule is CCCCc1ncc(CN2CCOC(COc3ccc(Cl)cc3)(CC(=O)N3CCN(C)CC3)C2)[nH]1. The topological polar surface area (TPSA) is 73.9 Å². The van der Waals surface area contributed by atoms with E-state index in [0.717, 1.165) is 75.8 Å². The van der Waals surface area contributed by atoms with Gasteiger partial charge in [0.2, 0.25) is 5.91 Å². The molecular weight excluding hydrogens is 466 g/mol. The second-order valence-corrected chi connectivity index (χ2v) is 10.2. The van der Waals surface area contributed by atoms with E-state index in [1.54, 1.807) is 12.1 Å². The Kier molecular flexibility index (Phi) is 9.05. The maximum Gasteiger partial charge on any atom is 0.225 e. The Hall–Kier alpha value is -2.13. The van der Waals surface area contributed by atoms with Crippen LogP contribution in [0.1, 0.15) is 37.7 Å². The summed E-state index contributed by atoms with van der Waals surface area (Å²) in [5.74, 6) is 1.89. The maximum atomic E-state index is 13.3. The van der Waals surface area contributed by atoms with Crippen molar-refractivity contribution in [3.8, 4) is 5.75 Å². The van der Waals surface area contributed by atoms with Crippen LogP contribution in [-0.2, 0) is 22.5 Å². The Labute approximate surface area is 213 Å². The fourth-order valence-electron chi connectivity index (χ4n) is 4.69. The Morgan fingerprint density at radius 2 is 1.97 bits per heavy atom. The molecule has 2 aromatic rings. The summed E-state index contributed by atoms with van der Waals surface area (Å²) in [5, 5.41) is 0.662. The molecule has 1 N–H and O–H groups in total. The number of nitrogens with one attached hydrogen (secondary N) is 1. The average molecular weight is 504 g/mol. The number of carbonyl (C=O) groups is 1. The quantitative estimate of drug-likeness (QED) is 0.536. The van der Waals surface area contributed by atoms with Crippen LogP contribution in [0.5, 0.6) is 5.75 Å². The van der Waals surface area contributed by atoms with Crippen molar-refractivity contribution in [3.63, 3.8) is 0 Å². The second kappa shape index (κ2) is 12.2. The van der Waals surface area contributed by atoms with Gasteiger partial charge in [-0.3, -0.25) is 9.69 Å². The summed E-state index contributed by atoms with van der Waals surface area (Å²) >= 11 is 6.03. The van der Waals surface area contributed by atoms with Gasteiger partial charge >= 0.3 is 0 Å². The molecule has 9 heteroatoms. The molecule has 3 heterocycles. The second-order valence-electron chi connectivity index (χ2n) is 9.80. The molecule has 1 unspecified atom stereocenters. The summed E-state index contributed by atoms with van der Waals surface area (Å²) in [6.07, 6.45) is 5.48. The third-order valence-corrected chi connectivity index (χ3v) is 7.07. The van der Waals surface area contributed by atoms with E-state index in [1.165, 1.54) is 0 Å². The molecule has 2 aliphatic heterocycles. The highest BCUT2D eigenvalue weighted by atomic mass is 35.5. The van der Waals surface area contributed by atoms with E-state index in [0.29, 0.717) is 31.2 Å². The first-order valence-electron chi connectivity index (χ1n) is 12.7. The number of halogens is 1. The minimum atomic E-state index is -0.719. The van der Waals surface area contributed by atoms with Crippen LogP contribution in [0, 0.1) is 0 Å². The van der Waals surface area contributed by atoms with Crippen molar-refractivity contribution >= 4 is 17.5 Å². The van der Waals surface area contributed by atoms with Crippen LogP contribution in [-0.4, -0.2) is 95.7 Å². The molecule has 1 amide bonds. The van der Waals surface area contributed by atoms with Gasteiger partial charge in [-0.2, -0.15) is 0 Å². The molecule has 0 radical (unpaired) electrons. The third-order valence-electron chi connectivity index (χ3n) is 6.81. The third kappa shape index (κ3) is 7.43. The number of carbonyl (C=O) groups excluding carboxylic acids is 1. The zero-order valence-electron chi connectivity index (χ0n) is 21.0. The molecule has 1 aromatic carbocycles. The van der Waals surface area contributed by atoms with Crippen molar-refractivity contribution in [1.29, 1.82) is 0 Å². The lowest BCUT2D eigenvalue weighted by molar-refractivity contribution is -0.158. The standard InChI is InChI=1S/C26H38ClN5O3/c1-3-4-5-24-28-17-22(29-24)18-31-14-15-35-26(19-31,20-34-23-8-6-21(27)7-9-23)16-25(33)32-12-10-30(2)11-13-32/h6-9,17H,3-5,10-16,18-20H2,1-2H3,(H,28,29). The number of piperazine rings is 1. The number of benzene rings is 1. The van der Waals surface area contributed by atoms with E-state index in [4.69, 9.17) is 21.1 Å². The fraction of sp³-hybridized carbons (Fsp3) is 0.615. The minimum absolute atomic E-state index is 0.128. The largest absolute Gasteiger partial charge is 0.491 e. The Morgan fingerprint density at radius 3 is 2.71 bits per heavy atom. The number of ether oxygens (including phenoxy) is 2. The smallest absolute Gasteiger partial charge is 0.225 e. The highest BCUT2D eigenvalue weighted by molar-refractivity contribution is 6.30. The summed E-state index contributed by atoms with van der Waals surface area (Å²) in [5.41, 5.74) is 0.375. The number of likely N-dealkylation sites (N-methyl/N-ethyl adjacent to an activating group) is 1. The summed E-state index contributed by atoms with van der Waals surface area (Å²) in [6.45, 7) is 8.49. The molecule has 2 saturated heterocycles. The van der Waals surface area contributed by atoms with Crippen molar-refractivity contribution < 1.29 is 14.3 Å². The Morgan fingerprint density at radius 1 is 1.20 bits per heavy atom. The molecule has 8 nitrogen and oxygen atoms in total. The van der Waals surface area contributed by atoms with Crippen LogP contribution in [0.3, 0.4) is 0 Å². The van der Waals surface area contributed by atoms with E-state index in [9.17, 15) is 4.79 Å². The molecule has 2 fully saturated rings. The molecule has 0 aliphatic carbocycles. The number of amides is 1. The number of imidazole rings is 1. The van der Waals surface area contributed by atoms with E-state index in [1.807, 2.05) is 23.2 Å². The van der Waals surface area contributed by atoms with Gasteiger partial charge in [-0.15, -0.1) is 0 Å². The average Bonchev–Trinajstić information content (AvgIpc) is 3.30. The number of aromatic nitrogens is 2. The van der Waals surface area contributed by atoms with Crippen LogP contribution < -0.4 is 4.74 Å². The zero-order valence-corrected chi connectivity index (χ0v) is 21.7. The van der Waals surface area contributed by atoms with Gasteiger partial charge in [-0.25, -0.2) is 4.98 Å².